The lowest BCUT2D eigenvalue weighted by Gasteiger charge is -2.15. The van der Waals surface area contributed by atoms with Gasteiger partial charge in [0.15, 0.2) is 0 Å². The van der Waals surface area contributed by atoms with Crippen LogP contribution in [0.5, 0.6) is 5.75 Å². The third-order valence-electron chi connectivity index (χ3n) is 2.95. The molecule has 0 saturated carbocycles. The molecule has 112 valence electrons. The fourth-order valence-electron chi connectivity index (χ4n) is 1.96. The summed E-state index contributed by atoms with van der Waals surface area (Å²) in [4.78, 5) is 0. The van der Waals surface area contributed by atoms with Gasteiger partial charge in [0.2, 0.25) is 0 Å². The average Bonchev–Trinajstić information content (AvgIpc) is 2.44. The number of nitrogens with one attached hydrogen (secondary N) is 1. The van der Waals surface area contributed by atoms with E-state index >= 15 is 0 Å². The Morgan fingerprint density at radius 3 is 2.52 bits per heavy atom. The molecule has 2 aromatic carbocycles. The van der Waals surface area contributed by atoms with Gasteiger partial charge in [-0.3, -0.25) is 0 Å². The van der Waals surface area contributed by atoms with Gasteiger partial charge in [0.05, 0.1) is 18.4 Å². The lowest BCUT2D eigenvalue weighted by Crippen LogP contribution is -2.12. The first-order chi connectivity index (χ1) is 9.91. The molecule has 0 aliphatic rings. The van der Waals surface area contributed by atoms with Crippen LogP contribution < -0.4 is 10.1 Å². The van der Waals surface area contributed by atoms with Crippen LogP contribution in [0.3, 0.4) is 0 Å². The summed E-state index contributed by atoms with van der Waals surface area (Å²) >= 11 is 3.32. The Kier molecular flexibility index (Phi) is 4.77. The minimum atomic E-state index is -4.36. The molecule has 0 aliphatic heterocycles. The summed E-state index contributed by atoms with van der Waals surface area (Å²) in [6, 6.07) is 10.8. The predicted octanol–water partition coefficient (Wildman–Crippen LogP) is 5.09. The molecule has 0 aliphatic carbocycles. The second-order valence-corrected chi connectivity index (χ2v) is 5.27. The number of methoxy groups -OCH3 is 1. The van der Waals surface area contributed by atoms with Crippen LogP contribution in [0.1, 0.15) is 11.1 Å². The quantitative estimate of drug-likeness (QED) is 0.820. The fraction of sp³-hybridized carbons (Fsp3) is 0.200. The molecular weight excluding hydrogens is 347 g/mol. The first-order valence-electron chi connectivity index (χ1n) is 6.14. The third kappa shape index (κ3) is 3.91. The van der Waals surface area contributed by atoms with Crippen molar-refractivity contribution in [1.82, 2.24) is 0 Å². The van der Waals surface area contributed by atoms with Gasteiger partial charge in [-0.25, -0.2) is 0 Å². The van der Waals surface area contributed by atoms with Gasteiger partial charge in [-0.2, -0.15) is 13.2 Å². The summed E-state index contributed by atoms with van der Waals surface area (Å²) in [5.41, 5.74) is 0.183. The monoisotopic (exact) mass is 359 g/mol. The van der Waals surface area contributed by atoms with Crippen molar-refractivity contribution in [3.63, 3.8) is 0 Å². The van der Waals surface area contributed by atoms with E-state index in [0.29, 0.717) is 11.4 Å². The molecule has 0 atom stereocenters. The summed E-state index contributed by atoms with van der Waals surface area (Å²) in [6.45, 7) is 0.0580. The fourth-order valence-corrected chi connectivity index (χ4v) is 2.32. The summed E-state index contributed by atoms with van der Waals surface area (Å²) in [5.74, 6) is 0.572. The Morgan fingerprint density at radius 2 is 1.86 bits per heavy atom. The van der Waals surface area contributed by atoms with Gasteiger partial charge in [-0.05, 0) is 29.8 Å². The number of hydrogen-bond acceptors (Lipinski definition) is 2. The van der Waals surface area contributed by atoms with Gasteiger partial charge < -0.3 is 10.1 Å². The van der Waals surface area contributed by atoms with Gasteiger partial charge in [-0.1, -0.05) is 34.1 Å². The SMILES string of the molecule is COc1ccc(Br)cc1NCc1ccccc1C(F)(F)F. The maximum absolute atomic E-state index is 12.9. The molecule has 2 rings (SSSR count). The Hall–Kier alpha value is -1.69. The largest absolute Gasteiger partial charge is 0.495 e. The maximum Gasteiger partial charge on any atom is 0.416 e. The molecule has 21 heavy (non-hydrogen) atoms. The molecule has 0 amide bonds. The van der Waals surface area contributed by atoms with Crippen LogP contribution in [0.2, 0.25) is 0 Å². The Morgan fingerprint density at radius 1 is 1.14 bits per heavy atom. The zero-order valence-corrected chi connectivity index (χ0v) is 12.8. The maximum atomic E-state index is 12.9. The Bertz CT molecular complexity index is 629. The van der Waals surface area contributed by atoms with Crippen LogP contribution in [0.25, 0.3) is 0 Å². The van der Waals surface area contributed by atoms with E-state index in [0.717, 1.165) is 10.5 Å². The van der Waals surface area contributed by atoms with Crippen molar-refractivity contribution >= 4 is 21.6 Å². The van der Waals surface area contributed by atoms with Gasteiger partial charge >= 0.3 is 6.18 Å². The lowest BCUT2D eigenvalue weighted by atomic mass is 10.1. The molecule has 0 heterocycles. The molecule has 0 radical (unpaired) electrons. The third-order valence-corrected chi connectivity index (χ3v) is 3.45. The van der Waals surface area contributed by atoms with Crippen molar-refractivity contribution in [2.24, 2.45) is 0 Å². The summed E-state index contributed by atoms with van der Waals surface area (Å²) in [6.07, 6.45) is -4.36. The van der Waals surface area contributed by atoms with Crippen LogP contribution in [-0.4, -0.2) is 7.11 Å². The molecule has 0 unspecified atom stereocenters. The summed E-state index contributed by atoms with van der Waals surface area (Å²) in [7, 11) is 1.51. The highest BCUT2D eigenvalue weighted by molar-refractivity contribution is 9.10. The first-order valence-corrected chi connectivity index (χ1v) is 6.93. The van der Waals surface area contributed by atoms with Gasteiger partial charge in [0.1, 0.15) is 5.75 Å². The molecule has 0 spiro atoms. The van der Waals surface area contributed by atoms with E-state index in [1.165, 1.54) is 19.2 Å². The van der Waals surface area contributed by atoms with Gasteiger partial charge in [0.25, 0.3) is 0 Å². The summed E-state index contributed by atoms with van der Waals surface area (Å²) < 4.78 is 44.8. The highest BCUT2D eigenvalue weighted by Crippen LogP contribution is 2.33. The molecule has 6 heteroatoms. The average molecular weight is 360 g/mol. The number of rotatable bonds is 4. The van der Waals surface area contributed by atoms with Crippen LogP contribution in [0, 0.1) is 0 Å². The van der Waals surface area contributed by atoms with Crippen molar-refractivity contribution in [2.45, 2.75) is 12.7 Å². The van der Waals surface area contributed by atoms with Crippen LogP contribution in [0.15, 0.2) is 46.9 Å². The van der Waals surface area contributed by atoms with Crippen molar-refractivity contribution in [1.29, 1.82) is 0 Å². The van der Waals surface area contributed by atoms with E-state index in [1.54, 1.807) is 24.3 Å². The molecule has 2 aromatic rings. The topological polar surface area (TPSA) is 21.3 Å². The lowest BCUT2D eigenvalue weighted by molar-refractivity contribution is -0.138. The zero-order valence-electron chi connectivity index (χ0n) is 11.2. The van der Waals surface area contributed by atoms with Gasteiger partial charge in [0, 0.05) is 11.0 Å². The molecular formula is C15H13BrF3NO. The van der Waals surface area contributed by atoms with Gasteiger partial charge in [-0.15, -0.1) is 0 Å². The van der Waals surface area contributed by atoms with Crippen LogP contribution in [0.4, 0.5) is 18.9 Å². The summed E-state index contributed by atoms with van der Waals surface area (Å²) in [5, 5.41) is 2.98. The van der Waals surface area contributed by atoms with E-state index < -0.39 is 11.7 Å². The Labute approximate surface area is 129 Å². The molecule has 0 fully saturated rings. The van der Waals surface area contributed by atoms with Crippen molar-refractivity contribution in [3.05, 3.63) is 58.1 Å². The highest BCUT2D eigenvalue weighted by Gasteiger charge is 2.32. The first kappa shape index (κ1) is 15.7. The minimum absolute atomic E-state index is 0.0580. The second kappa shape index (κ2) is 6.39. The minimum Gasteiger partial charge on any atom is -0.495 e. The molecule has 0 aromatic heterocycles. The number of alkyl halides is 3. The number of hydrogen-bond donors (Lipinski definition) is 1. The van der Waals surface area contributed by atoms with Crippen LogP contribution >= 0.6 is 15.9 Å². The highest BCUT2D eigenvalue weighted by atomic mass is 79.9. The van der Waals surface area contributed by atoms with Crippen molar-refractivity contribution in [2.75, 3.05) is 12.4 Å². The van der Waals surface area contributed by atoms with E-state index in [9.17, 15) is 13.2 Å². The molecule has 0 saturated heterocycles. The smallest absolute Gasteiger partial charge is 0.416 e. The van der Waals surface area contributed by atoms with Crippen molar-refractivity contribution in [3.8, 4) is 5.75 Å². The standard InChI is InChI=1S/C15H13BrF3NO/c1-21-14-7-6-11(16)8-13(14)20-9-10-4-2-3-5-12(10)15(17,18)19/h2-8,20H,9H2,1H3. The second-order valence-electron chi connectivity index (χ2n) is 4.35. The number of halogens is 4. The van der Waals surface area contributed by atoms with E-state index in [2.05, 4.69) is 21.2 Å². The number of anilines is 1. The Balaban J connectivity index is 2.23. The normalized spacial score (nSPS) is 11.3. The van der Waals surface area contributed by atoms with Crippen LogP contribution in [-0.2, 0) is 12.7 Å². The van der Waals surface area contributed by atoms with E-state index in [4.69, 9.17) is 4.74 Å². The van der Waals surface area contributed by atoms with Crippen molar-refractivity contribution < 1.29 is 17.9 Å². The van der Waals surface area contributed by atoms with E-state index in [-0.39, 0.29) is 12.1 Å². The molecule has 2 nitrogen and oxygen atoms in total. The zero-order chi connectivity index (χ0) is 15.5. The molecule has 0 bridgehead atoms. The van der Waals surface area contributed by atoms with E-state index in [1.807, 2.05) is 0 Å². The number of ether oxygens (including phenoxy) is 1. The predicted molar refractivity (Wildman–Crippen MR) is 79.5 cm³/mol. The molecule has 1 N–H and O–H groups in total. The number of benzene rings is 2.